The second kappa shape index (κ2) is 6.39. The highest BCUT2D eigenvalue weighted by Crippen LogP contribution is 2.23. The maximum Gasteiger partial charge on any atom is 0.335 e. The first-order valence-electron chi connectivity index (χ1n) is 6.85. The predicted molar refractivity (Wildman–Crippen MR) is 75.8 cm³/mol. The second-order valence-electron chi connectivity index (χ2n) is 5.05. The number of hydrogen-bond acceptors (Lipinski definition) is 3. The van der Waals surface area contributed by atoms with Crippen LogP contribution in [0.5, 0.6) is 0 Å². The van der Waals surface area contributed by atoms with Crippen molar-refractivity contribution in [2.75, 3.05) is 13.1 Å². The Bertz CT molecular complexity index is 583. The molecule has 2 N–H and O–H groups in total. The van der Waals surface area contributed by atoms with E-state index in [2.05, 4.69) is 5.32 Å². The number of carbonyl (C=O) groups is 3. The normalized spacial score (nSPS) is 13.5. The van der Waals surface area contributed by atoms with Crippen LogP contribution < -0.4 is 5.32 Å². The van der Waals surface area contributed by atoms with Crippen LogP contribution >= 0.6 is 0 Å². The molecule has 0 saturated heterocycles. The summed E-state index contributed by atoms with van der Waals surface area (Å²) in [6.45, 7) is 2.67. The third-order valence-corrected chi connectivity index (χ3v) is 3.56. The molecule has 0 aliphatic carbocycles. The number of nitrogens with zero attached hydrogens (tertiary/aromatic N) is 1. The van der Waals surface area contributed by atoms with E-state index in [1.165, 1.54) is 6.92 Å². The van der Waals surface area contributed by atoms with Crippen molar-refractivity contribution in [3.63, 3.8) is 0 Å². The first kappa shape index (κ1) is 15.0. The SMILES string of the molecule is CC(=O)NCCC(=O)N1CCc2c(cccc2C(=O)O)C1. The van der Waals surface area contributed by atoms with E-state index >= 15 is 0 Å². The van der Waals surface area contributed by atoms with Gasteiger partial charge in [0.15, 0.2) is 0 Å². The third kappa shape index (κ3) is 3.59. The highest BCUT2D eigenvalue weighted by atomic mass is 16.4. The van der Waals surface area contributed by atoms with Gasteiger partial charge in [-0.15, -0.1) is 0 Å². The van der Waals surface area contributed by atoms with Gasteiger partial charge in [0.25, 0.3) is 0 Å². The molecule has 0 bridgehead atoms. The van der Waals surface area contributed by atoms with Crippen molar-refractivity contribution in [2.24, 2.45) is 0 Å². The first-order valence-corrected chi connectivity index (χ1v) is 6.85. The van der Waals surface area contributed by atoms with E-state index in [0.717, 1.165) is 11.1 Å². The lowest BCUT2D eigenvalue weighted by Crippen LogP contribution is -2.38. The van der Waals surface area contributed by atoms with Crippen LogP contribution in [0, 0.1) is 0 Å². The summed E-state index contributed by atoms with van der Waals surface area (Å²) in [7, 11) is 0. The van der Waals surface area contributed by atoms with Crippen molar-refractivity contribution in [1.29, 1.82) is 0 Å². The van der Waals surface area contributed by atoms with E-state index in [9.17, 15) is 14.4 Å². The summed E-state index contributed by atoms with van der Waals surface area (Å²) in [6.07, 6.45) is 0.803. The van der Waals surface area contributed by atoms with Gasteiger partial charge < -0.3 is 15.3 Å². The van der Waals surface area contributed by atoms with Crippen LogP contribution in [0.25, 0.3) is 0 Å². The molecule has 112 valence electrons. The number of benzene rings is 1. The Hall–Kier alpha value is -2.37. The van der Waals surface area contributed by atoms with Crippen LogP contribution in [0.3, 0.4) is 0 Å². The van der Waals surface area contributed by atoms with Gasteiger partial charge in [-0.3, -0.25) is 9.59 Å². The Labute approximate surface area is 122 Å². The minimum absolute atomic E-state index is 0.0323. The Kier molecular flexibility index (Phi) is 4.57. The standard InChI is InChI=1S/C15H18N2O4/c1-10(18)16-7-5-14(19)17-8-6-12-11(9-17)3-2-4-13(12)15(20)21/h2-4H,5-9H2,1H3,(H,16,18)(H,20,21). The number of hydrogen-bond donors (Lipinski definition) is 2. The van der Waals surface area contributed by atoms with Crippen LogP contribution in [-0.4, -0.2) is 40.9 Å². The van der Waals surface area contributed by atoms with Gasteiger partial charge in [-0.1, -0.05) is 12.1 Å². The zero-order valence-corrected chi connectivity index (χ0v) is 11.9. The van der Waals surface area contributed by atoms with Gasteiger partial charge in [-0.25, -0.2) is 4.79 Å². The van der Waals surface area contributed by atoms with Crippen molar-refractivity contribution in [3.8, 4) is 0 Å². The van der Waals surface area contributed by atoms with Gasteiger partial charge >= 0.3 is 5.97 Å². The number of carboxylic acids is 1. The molecule has 21 heavy (non-hydrogen) atoms. The van der Waals surface area contributed by atoms with Crippen molar-refractivity contribution >= 4 is 17.8 Å². The largest absolute Gasteiger partial charge is 0.478 e. The van der Waals surface area contributed by atoms with Gasteiger partial charge in [-0.05, 0) is 23.6 Å². The third-order valence-electron chi connectivity index (χ3n) is 3.56. The zero-order valence-electron chi connectivity index (χ0n) is 11.9. The summed E-state index contributed by atoms with van der Waals surface area (Å²) in [5, 5.41) is 11.8. The molecule has 1 heterocycles. The zero-order chi connectivity index (χ0) is 15.4. The lowest BCUT2D eigenvalue weighted by atomic mass is 9.94. The van der Waals surface area contributed by atoms with Crippen LogP contribution in [0.4, 0.5) is 0 Å². The van der Waals surface area contributed by atoms with E-state index in [1.807, 2.05) is 6.07 Å². The Morgan fingerprint density at radius 3 is 2.76 bits per heavy atom. The Morgan fingerprint density at radius 1 is 1.33 bits per heavy atom. The van der Waals surface area contributed by atoms with E-state index in [0.29, 0.717) is 31.6 Å². The van der Waals surface area contributed by atoms with Crippen LogP contribution in [-0.2, 0) is 22.6 Å². The summed E-state index contributed by atoms with van der Waals surface area (Å²) >= 11 is 0. The summed E-state index contributed by atoms with van der Waals surface area (Å²) in [6, 6.07) is 5.15. The lowest BCUT2D eigenvalue weighted by molar-refractivity contribution is -0.132. The molecule has 2 rings (SSSR count). The second-order valence-corrected chi connectivity index (χ2v) is 5.05. The topological polar surface area (TPSA) is 86.7 Å². The van der Waals surface area contributed by atoms with Crippen molar-refractivity contribution in [3.05, 3.63) is 34.9 Å². The summed E-state index contributed by atoms with van der Waals surface area (Å²) < 4.78 is 0. The number of nitrogens with one attached hydrogen (secondary N) is 1. The van der Waals surface area contributed by atoms with Crippen LogP contribution in [0.15, 0.2) is 18.2 Å². The Balaban J connectivity index is 2.03. The molecule has 1 aromatic rings. The quantitative estimate of drug-likeness (QED) is 0.858. The fourth-order valence-corrected chi connectivity index (χ4v) is 2.53. The number of carbonyl (C=O) groups excluding carboxylic acids is 2. The minimum atomic E-state index is -0.933. The number of fused-ring (bicyclic) bond motifs is 1. The average Bonchev–Trinajstić information content (AvgIpc) is 2.45. The molecular weight excluding hydrogens is 272 g/mol. The molecule has 6 nitrogen and oxygen atoms in total. The molecule has 0 unspecified atom stereocenters. The predicted octanol–water partition coefficient (Wildman–Crippen LogP) is 0.796. The van der Waals surface area contributed by atoms with Gasteiger partial charge in [-0.2, -0.15) is 0 Å². The van der Waals surface area contributed by atoms with E-state index in [4.69, 9.17) is 5.11 Å². The van der Waals surface area contributed by atoms with Crippen molar-refractivity contribution < 1.29 is 19.5 Å². The summed E-state index contributed by atoms with van der Waals surface area (Å²) in [5.41, 5.74) is 2.02. The van der Waals surface area contributed by atoms with Crippen molar-refractivity contribution in [2.45, 2.75) is 26.3 Å². The van der Waals surface area contributed by atoms with Gasteiger partial charge in [0.05, 0.1) is 5.56 Å². The van der Waals surface area contributed by atoms with Crippen molar-refractivity contribution in [1.82, 2.24) is 10.2 Å². The molecule has 1 aliphatic rings. The van der Waals surface area contributed by atoms with E-state index in [-0.39, 0.29) is 18.2 Å². The van der Waals surface area contributed by atoms with E-state index < -0.39 is 5.97 Å². The highest BCUT2D eigenvalue weighted by molar-refractivity contribution is 5.90. The number of amides is 2. The molecule has 0 spiro atoms. The molecule has 0 radical (unpaired) electrons. The molecule has 2 amide bonds. The van der Waals surface area contributed by atoms with Crippen LogP contribution in [0.2, 0.25) is 0 Å². The number of rotatable bonds is 4. The Morgan fingerprint density at radius 2 is 2.10 bits per heavy atom. The van der Waals surface area contributed by atoms with Gasteiger partial charge in [0, 0.05) is 33.0 Å². The number of aromatic carboxylic acids is 1. The maximum atomic E-state index is 12.1. The molecule has 0 aromatic heterocycles. The molecule has 1 aromatic carbocycles. The monoisotopic (exact) mass is 290 g/mol. The molecule has 0 saturated carbocycles. The average molecular weight is 290 g/mol. The molecule has 1 aliphatic heterocycles. The molecule has 6 heteroatoms. The first-order chi connectivity index (χ1) is 9.99. The fourth-order valence-electron chi connectivity index (χ4n) is 2.53. The fraction of sp³-hybridized carbons (Fsp3) is 0.400. The van der Waals surface area contributed by atoms with Gasteiger partial charge in [0.1, 0.15) is 0 Å². The highest BCUT2D eigenvalue weighted by Gasteiger charge is 2.23. The smallest absolute Gasteiger partial charge is 0.335 e. The van der Waals surface area contributed by atoms with E-state index in [1.54, 1.807) is 17.0 Å². The lowest BCUT2D eigenvalue weighted by Gasteiger charge is -2.29. The maximum absolute atomic E-state index is 12.1. The summed E-state index contributed by atoms with van der Waals surface area (Å²) in [5.74, 6) is -1.12. The molecule has 0 atom stereocenters. The number of carboxylic acid groups (broad SMARTS) is 1. The molecule has 0 fully saturated rings. The molecular formula is C15H18N2O4. The van der Waals surface area contributed by atoms with Gasteiger partial charge in [0.2, 0.25) is 11.8 Å². The minimum Gasteiger partial charge on any atom is -0.478 e. The van der Waals surface area contributed by atoms with Crippen LogP contribution in [0.1, 0.15) is 34.8 Å². The summed E-state index contributed by atoms with van der Waals surface area (Å²) in [4.78, 5) is 35.7.